The van der Waals surface area contributed by atoms with Gasteiger partial charge in [0.25, 0.3) is 0 Å². The third-order valence-corrected chi connectivity index (χ3v) is 4.06. The van der Waals surface area contributed by atoms with Gasteiger partial charge in [0, 0.05) is 19.1 Å². The highest BCUT2D eigenvalue weighted by molar-refractivity contribution is 5.69. The Morgan fingerprint density at radius 3 is 2.50 bits per heavy atom. The Hall–Kier alpha value is -1.96. The van der Waals surface area contributed by atoms with Crippen molar-refractivity contribution >= 4 is 17.3 Å². The Kier molecular flexibility index (Phi) is 4.03. The molecular formula is C12H20N6O2. The Balaban J connectivity index is 2.19. The van der Waals surface area contributed by atoms with Crippen LogP contribution >= 0.6 is 0 Å². The van der Waals surface area contributed by atoms with Gasteiger partial charge in [0.2, 0.25) is 11.6 Å². The molecule has 0 spiro atoms. The molecule has 20 heavy (non-hydrogen) atoms. The number of aromatic nitrogens is 2. The Bertz CT molecular complexity index is 501. The molecule has 2 N–H and O–H groups in total. The molecule has 1 heterocycles. The molecule has 110 valence electrons. The summed E-state index contributed by atoms with van der Waals surface area (Å²) in [6.45, 7) is 0.640. The van der Waals surface area contributed by atoms with Gasteiger partial charge >= 0.3 is 5.69 Å². The monoisotopic (exact) mass is 280 g/mol. The number of likely N-dealkylation sites (N-methyl/N-ethyl adjacent to an activating group) is 1. The molecule has 8 heteroatoms. The summed E-state index contributed by atoms with van der Waals surface area (Å²) in [6, 6.07) is 0. The molecule has 0 bridgehead atoms. The van der Waals surface area contributed by atoms with Crippen molar-refractivity contribution in [3.8, 4) is 0 Å². The SMILES string of the molecule is CNc1ncnc(NCC2(N(C)C)CCC2)c1[N+](=O)[O-]. The molecule has 1 aromatic rings. The number of hydrogen-bond acceptors (Lipinski definition) is 7. The van der Waals surface area contributed by atoms with E-state index in [0.717, 1.165) is 12.8 Å². The molecule has 0 aliphatic heterocycles. The first kappa shape index (κ1) is 14.4. The highest BCUT2D eigenvalue weighted by atomic mass is 16.6. The zero-order valence-electron chi connectivity index (χ0n) is 12.0. The van der Waals surface area contributed by atoms with Crippen LogP contribution in [0.2, 0.25) is 0 Å². The molecule has 8 nitrogen and oxygen atoms in total. The van der Waals surface area contributed by atoms with E-state index in [1.807, 2.05) is 14.1 Å². The van der Waals surface area contributed by atoms with E-state index in [4.69, 9.17) is 0 Å². The van der Waals surface area contributed by atoms with Crippen LogP contribution < -0.4 is 10.6 Å². The van der Waals surface area contributed by atoms with Crippen LogP contribution in [0.1, 0.15) is 19.3 Å². The molecule has 0 saturated heterocycles. The van der Waals surface area contributed by atoms with Gasteiger partial charge in [-0.25, -0.2) is 9.97 Å². The van der Waals surface area contributed by atoms with Gasteiger partial charge in [0.15, 0.2) is 0 Å². The maximum Gasteiger partial charge on any atom is 0.353 e. The van der Waals surface area contributed by atoms with Gasteiger partial charge < -0.3 is 15.5 Å². The van der Waals surface area contributed by atoms with Crippen LogP contribution in [0.25, 0.3) is 0 Å². The topological polar surface area (TPSA) is 96.2 Å². The predicted octanol–water partition coefficient (Wildman–Crippen LogP) is 1.32. The largest absolute Gasteiger partial charge is 0.367 e. The lowest BCUT2D eigenvalue weighted by molar-refractivity contribution is -0.383. The van der Waals surface area contributed by atoms with Crippen molar-refractivity contribution < 1.29 is 4.92 Å². The fraction of sp³-hybridized carbons (Fsp3) is 0.667. The van der Waals surface area contributed by atoms with Gasteiger partial charge in [-0.15, -0.1) is 0 Å². The molecule has 0 aromatic carbocycles. The summed E-state index contributed by atoms with van der Waals surface area (Å²) < 4.78 is 0. The summed E-state index contributed by atoms with van der Waals surface area (Å²) in [6.07, 6.45) is 4.69. The van der Waals surface area contributed by atoms with E-state index in [1.54, 1.807) is 7.05 Å². The summed E-state index contributed by atoms with van der Waals surface area (Å²) in [5.74, 6) is 0.488. The highest BCUT2D eigenvalue weighted by Crippen LogP contribution is 2.37. The van der Waals surface area contributed by atoms with Crippen LogP contribution in [0.4, 0.5) is 17.3 Å². The Morgan fingerprint density at radius 2 is 2.05 bits per heavy atom. The van der Waals surface area contributed by atoms with Crippen molar-refractivity contribution in [1.82, 2.24) is 14.9 Å². The minimum atomic E-state index is -0.461. The maximum absolute atomic E-state index is 11.2. The standard InChI is InChI=1S/C12H20N6O2/c1-13-10-9(18(19)20)11(16-8-15-10)14-7-12(17(2)3)5-4-6-12/h8H,4-7H2,1-3H3,(H2,13,14,15,16). The van der Waals surface area contributed by atoms with E-state index < -0.39 is 4.92 Å². The molecule has 1 aromatic heterocycles. The first-order valence-corrected chi connectivity index (χ1v) is 6.58. The minimum Gasteiger partial charge on any atom is -0.367 e. The maximum atomic E-state index is 11.2. The number of nitrogens with one attached hydrogen (secondary N) is 2. The zero-order valence-corrected chi connectivity index (χ0v) is 12.0. The molecule has 2 rings (SSSR count). The molecule has 0 unspecified atom stereocenters. The molecule has 0 atom stereocenters. The average molecular weight is 280 g/mol. The third kappa shape index (κ3) is 2.51. The lowest BCUT2D eigenvalue weighted by Gasteiger charge is -2.47. The van der Waals surface area contributed by atoms with Crippen molar-refractivity contribution in [2.45, 2.75) is 24.8 Å². The van der Waals surface area contributed by atoms with E-state index >= 15 is 0 Å². The summed E-state index contributed by atoms with van der Waals surface area (Å²) >= 11 is 0. The van der Waals surface area contributed by atoms with E-state index in [0.29, 0.717) is 6.54 Å². The summed E-state index contributed by atoms with van der Waals surface area (Å²) in [4.78, 5) is 20.8. The molecule has 1 aliphatic carbocycles. The zero-order chi connectivity index (χ0) is 14.8. The van der Waals surface area contributed by atoms with Crippen LogP contribution in [-0.2, 0) is 0 Å². The van der Waals surface area contributed by atoms with Crippen molar-refractivity contribution in [2.24, 2.45) is 0 Å². The van der Waals surface area contributed by atoms with E-state index in [-0.39, 0.29) is 22.9 Å². The molecule has 0 amide bonds. The first-order valence-electron chi connectivity index (χ1n) is 6.58. The lowest BCUT2D eigenvalue weighted by Crippen LogP contribution is -2.54. The average Bonchev–Trinajstić information content (AvgIpc) is 2.36. The molecule has 1 aliphatic rings. The fourth-order valence-corrected chi connectivity index (χ4v) is 2.48. The van der Waals surface area contributed by atoms with Gasteiger partial charge in [0.05, 0.1) is 4.92 Å². The van der Waals surface area contributed by atoms with Crippen LogP contribution in [0, 0.1) is 10.1 Å². The van der Waals surface area contributed by atoms with E-state index in [1.165, 1.54) is 12.7 Å². The summed E-state index contributed by atoms with van der Waals surface area (Å²) in [5.41, 5.74) is -0.0400. The summed E-state index contributed by atoms with van der Waals surface area (Å²) in [7, 11) is 5.68. The quantitative estimate of drug-likeness (QED) is 0.599. The van der Waals surface area contributed by atoms with Crippen molar-refractivity contribution in [3.63, 3.8) is 0 Å². The Morgan fingerprint density at radius 1 is 1.40 bits per heavy atom. The number of nitro groups is 1. The van der Waals surface area contributed by atoms with Crippen molar-refractivity contribution in [3.05, 3.63) is 16.4 Å². The van der Waals surface area contributed by atoms with Gasteiger partial charge in [0.1, 0.15) is 6.33 Å². The second-order valence-corrected chi connectivity index (χ2v) is 5.25. The van der Waals surface area contributed by atoms with Crippen molar-refractivity contribution in [1.29, 1.82) is 0 Å². The summed E-state index contributed by atoms with van der Waals surface area (Å²) in [5, 5.41) is 17.0. The van der Waals surface area contributed by atoms with Gasteiger partial charge in [-0.2, -0.15) is 0 Å². The lowest BCUT2D eigenvalue weighted by atomic mass is 9.75. The third-order valence-electron chi connectivity index (χ3n) is 4.06. The van der Waals surface area contributed by atoms with Crippen LogP contribution in [0.5, 0.6) is 0 Å². The smallest absolute Gasteiger partial charge is 0.353 e. The number of nitrogens with zero attached hydrogens (tertiary/aromatic N) is 4. The highest BCUT2D eigenvalue weighted by Gasteiger charge is 2.39. The number of rotatable bonds is 6. The normalized spacial score (nSPS) is 16.6. The van der Waals surface area contributed by atoms with Crippen LogP contribution in [0.15, 0.2) is 6.33 Å². The fourth-order valence-electron chi connectivity index (χ4n) is 2.48. The second-order valence-electron chi connectivity index (χ2n) is 5.25. The molecule has 1 saturated carbocycles. The molecule has 1 fully saturated rings. The van der Waals surface area contributed by atoms with E-state index in [9.17, 15) is 10.1 Å². The van der Waals surface area contributed by atoms with Crippen LogP contribution in [-0.4, -0.2) is 53.0 Å². The minimum absolute atomic E-state index is 0.0681. The number of hydrogen-bond donors (Lipinski definition) is 2. The van der Waals surface area contributed by atoms with Gasteiger partial charge in [-0.3, -0.25) is 10.1 Å². The Labute approximate surface area is 117 Å². The number of anilines is 2. The molecule has 0 radical (unpaired) electrons. The predicted molar refractivity (Wildman–Crippen MR) is 77.0 cm³/mol. The molecular weight excluding hydrogens is 260 g/mol. The van der Waals surface area contributed by atoms with Crippen molar-refractivity contribution in [2.75, 3.05) is 38.3 Å². The van der Waals surface area contributed by atoms with Gasteiger partial charge in [-0.05, 0) is 33.4 Å². The first-order chi connectivity index (χ1) is 9.50. The second kappa shape index (κ2) is 5.58. The van der Waals surface area contributed by atoms with Crippen LogP contribution in [0.3, 0.4) is 0 Å². The van der Waals surface area contributed by atoms with Gasteiger partial charge in [-0.1, -0.05) is 0 Å². The van der Waals surface area contributed by atoms with E-state index in [2.05, 4.69) is 25.5 Å².